The Morgan fingerprint density at radius 1 is 0.557 bits per heavy atom. The van der Waals surface area contributed by atoms with Crippen LogP contribution < -0.4 is 5.32 Å². The molecule has 0 saturated carbocycles. The zero-order valence-corrected chi connectivity index (χ0v) is 39.0. The van der Waals surface area contributed by atoms with Crippen LogP contribution in [0.2, 0.25) is 0 Å². The Balaban J connectivity index is 2.37. The summed E-state index contributed by atoms with van der Waals surface area (Å²) in [6.07, 6.45) is 40.9. The number of carbonyl (C=O) groups excluding carboxylic acids is 1. The smallest absolute Gasteiger partial charge is 0.249 e. The van der Waals surface area contributed by atoms with Gasteiger partial charge >= 0.3 is 0 Å². The molecule has 1 amide bonds. The molecule has 1 aliphatic rings. The minimum atomic E-state index is -1.62. The van der Waals surface area contributed by atoms with Gasteiger partial charge in [-0.1, -0.05) is 198 Å². The van der Waals surface area contributed by atoms with Crippen LogP contribution in [0, 0.1) is 0 Å². The molecule has 8 atom stereocenters. The molecule has 358 valence electrons. The summed E-state index contributed by atoms with van der Waals surface area (Å²) in [5.41, 5.74) is 0. The largest absolute Gasteiger partial charge is 0.394 e. The van der Waals surface area contributed by atoms with E-state index in [1.54, 1.807) is 6.08 Å². The molecule has 0 radical (unpaired) electrons. The van der Waals surface area contributed by atoms with Gasteiger partial charge in [-0.15, -0.1) is 0 Å². The van der Waals surface area contributed by atoms with Crippen LogP contribution in [-0.4, -0.2) is 98.7 Å². The molecule has 10 nitrogen and oxygen atoms in total. The molecule has 7 N–H and O–H groups in total. The molecular weight excluding hydrogens is 771 g/mol. The van der Waals surface area contributed by atoms with Gasteiger partial charge in [0.1, 0.15) is 30.5 Å². The summed E-state index contributed by atoms with van der Waals surface area (Å²) in [6, 6.07) is -0.998. The van der Waals surface area contributed by atoms with E-state index in [1.165, 1.54) is 148 Å². The van der Waals surface area contributed by atoms with Crippen LogP contribution in [0.1, 0.15) is 219 Å². The van der Waals surface area contributed by atoms with Gasteiger partial charge in [-0.05, 0) is 57.8 Å². The van der Waals surface area contributed by atoms with Gasteiger partial charge in [-0.2, -0.15) is 0 Å². The van der Waals surface area contributed by atoms with Crippen LogP contribution in [0.5, 0.6) is 0 Å². The van der Waals surface area contributed by atoms with Crippen molar-refractivity contribution in [3.63, 3.8) is 0 Å². The third-order valence-corrected chi connectivity index (χ3v) is 12.0. The zero-order valence-electron chi connectivity index (χ0n) is 39.0. The number of rotatable bonds is 42. The highest BCUT2D eigenvalue weighted by Gasteiger charge is 2.44. The first-order valence-electron chi connectivity index (χ1n) is 25.3. The van der Waals surface area contributed by atoms with Crippen molar-refractivity contribution in [3.05, 3.63) is 36.5 Å². The third kappa shape index (κ3) is 31.0. The lowest BCUT2D eigenvalue weighted by Gasteiger charge is -2.40. The minimum Gasteiger partial charge on any atom is -0.394 e. The van der Waals surface area contributed by atoms with Gasteiger partial charge < -0.3 is 45.4 Å². The molecule has 1 fully saturated rings. The lowest BCUT2D eigenvalue weighted by atomic mass is 9.99. The van der Waals surface area contributed by atoms with E-state index in [4.69, 9.17) is 9.47 Å². The second kappa shape index (κ2) is 41.1. The fourth-order valence-electron chi connectivity index (χ4n) is 7.88. The van der Waals surface area contributed by atoms with Gasteiger partial charge in [0, 0.05) is 0 Å². The molecule has 10 heteroatoms. The number of aliphatic hydroxyl groups is 6. The number of ether oxygens (including phenoxy) is 2. The molecule has 1 saturated heterocycles. The van der Waals surface area contributed by atoms with E-state index in [0.29, 0.717) is 19.3 Å². The first kappa shape index (κ1) is 57.4. The summed E-state index contributed by atoms with van der Waals surface area (Å²) < 4.78 is 11.1. The van der Waals surface area contributed by atoms with Crippen LogP contribution in [0.3, 0.4) is 0 Å². The molecule has 0 bridgehead atoms. The first-order chi connectivity index (χ1) is 29.8. The maximum absolute atomic E-state index is 13.1. The lowest BCUT2D eigenvalue weighted by Crippen LogP contribution is -2.60. The number of hydrogen-bond donors (Lipinski definition) is 7. The molecule has 8 unspecified atom stereocenters. The summed E-state index contributed by atoms with van der Waals surface area (Å²) in [5, 5.41) is 64.7. The van der Waals surface area contributed by atoms with E-state index >= 15 is 0 Å². The number of hydrogen-bond acceptors (Lipinski definition) is 9. The van der Waals surface area contributed by atoms with E-state index < -0.39 is 61.5 Å². The second-order valence-electron chi connectivity index (χ2n) is 17.7. The van der Waals surface area contributed by atoms with E-state index in [9.17, 15) is 35.4 Å². The van der Waals surface area contributed by atoms with Crippen molar-refractivity contribution in [3.8, 4) is 0 Å². The van der Waals surface area contributed by atoms with Crippen molar-refractivity contribution in [2.45, 2.75) is 268 Å². The quantitative estimate of drug-likeness (QED) is 0.0233. The van der Waals surface area contributed by atoms with Crippen molar-refractivity contribution >= 4 is 5.91 Å². The molecule has 1 heterocycles. The van der Waals surface area contributed by atoms with Crippen molar-refractivity contribution in [1.82, 2.24) is 5.32 Å². The van der Waals surface area contributed by atoms with Crippen molar-refractivity contribution in [2.75, 3.05) is 13.2 Å². The fraction of sp³-hybridized carbons (Fsp3) is 0.863. The third-order valence-electron chi connectivity index (χ3n) is 12.0. The summed E-state index contributed by atoms with van der Waals surface area (Å²) in [7, 11) is 0. The normalized spacial score (nSPS) is 21.2. The van der Waals surface area contributed by atoms with Crippen LogP contribution >= 0.6 is 0 Å². The summed E-state index contributed by atoms with van der Waals surface area (Å²) in [5.74, 6) is -0.630. The molecule has 1 aliphatic heterocycles. The van der Waals surface area contributed by atoms with Crippen LogP contribution in [-0.2, 0) is 14.3 Å². The number of aliphatic hydroxyl groups excluding tert-OH is 6. The Hall–Kier alpha value is -1.63. The Morgan fingerprint density at radius 2 is 0.967 bits per heavy atom. The molecule has 0 spiro atoms. The second-order valence-corrected chi connectivity index (χ2v) is 17.7. The van der Waals surface area contributed by atoms with E-state index in [-0.39, 0.29) is 6.61 Å². The van der Waals surface area contributed by atoms with E-state index in [0.717, 1.165) is 38.5 Å². The Morgan fingerprint density at radius 3 is 1.43 bits per heavy atom. The van der Waals surface area contributed by atoms with Crippen LogP contribution in [0.4, 0.5) is 0 Å². The van der Waals surface area contributed by atoms with Gasteiger partial charge in [-0.3, -0.25) is 4.79 Å². The Bertz CT molecular complexity index is 1070. The SMILES string of the molecule is CCCCCCCCCCC/C=C/CC/C=C/C(O)C(COC1OC(CO)C(O)C(O)C1O)NC(=O)C(O)CCCCCCCC/C=C\CCCCCCCCCCCCC. The summed E-state index contributed by atoms with van der Waals surface area (Å²) >= 11 is 0. The zero-order chi connectivity index (χ0) is 44.6. The van der Waals surface area contributed by atoms with Crippen LogP contribution in [0.25, 0.3) is 0 Å². The van der Waals surface area contributed by atoms with Crippen LogP contribution in [0.15, 0.2) is 36.5 Å². The predicted molar refractivity (Wildman–Crippen MR) is 250 cm³/mol. The standard InChI is InChI=1S/C51H95NO9/c1-3-5-7-9-11-13-15-17-19-20-21-22-23-24-26-28-30-32-34-36-38-40-45(55)50(59)52-43(42-60-51-49(58)48(57)47(56)46(41-53)61-51)44(54)39-37-35-33-31-29-27-25-18-16-14-12-10-8-6-4-2/h23-24,29,31,37,39,43-49,51,53-58H,3-22,25-28,30,32-36,38,40-42H2,1-2H3,(H,52,59)/b24-23-,31-29+,39-37+. The monoisotopic (exact) mass is 866 g/mol. The van der Waals surface area contributed by atoms with Crippen molar-refractivity contribution in [1.29, 1.82) is 0 Å². The number of unbranched alkanes of at least 4 members (excludes halogenated alkanes) is 27. The topological polar surface area (TPSA) is 169 Å². The molecule has 0 aromatic carbocycles. The van der Waals surface area contributed by atoms with Gasteiger partial charge in [0.2, 0.25) is 5.91 Å². The minimum absolute atomic E-state index is 0.297. The highest BCUT2D eigenvalue weighted by Crippen LogP contribution is 2.23. The highest BCUT2D eigenvalue weighted by atomic mass is 16.7. The highest BCUT2D eigenvalue weighted by molar-refractivity contribution is 5.80. The van der Waals surface area contributed by atoms with Crippen molar-refractivity contribution in [2.24, 2.45) is 0 Å². The average molecular weight is 866 g/mol. The summed E-state index contributed by atoms with van der Waals surface area (Å²) in [4.78, 5) is 13.1. The number of amides is 1. The van der Waals surface area contributed by atoms with E-state index in [2.05, 4.69) is 43.5 Å². The molecule has 61 heavy (non-hydrogen) atoms. The predicted octanol–water partition coefficient (Wildman–Crippen LogP) is 10.2. The van der Waals surface area contributed by atoms with E-state index in [1.807, 2.05) is 6.08 Å². The first-order valence-corrected chi connectivity index (χ1v) is 25.3. The van der Waals surface area contributed by atoms with Gasteiger partial charge in [0.25, 0.3) is 0 Å². The number of allylic oxidation sites excluding steroid dienone is 5. The fourth-order valence-corrected chi connectivity index (χ4v) is 7.88. The van der Waals surface area contributed by atoms with Gasteiger partial charge in [0.15, 0.2) is 6.29 Å². The Labute approximate surface area is 373 Å². The molecule has 0 aromatic rings. The average Bonchev–Trinajstić information content (AvgIpc) is 3.26. The Kier molecular flexibility index (Phi) is 38.7. The maximum Gasteiger partial charge on any atom is 0.249 e. The summed E-state index contributed by atoms with van der Waals surface area (Å²) in [6.45, 7) is 3.59. The van der Waals surface area contributed by atoms with Crippen molar-refractivity contribution < 1.29 is 44.9 Å². The maximum atomic E-state index is 13.1. The lowest BCUT2D eigenvalue weighted by molar-refractivity contribution is -0.302. The molecule has 1 rings (SSSR count). The van der Waals surface area contributed by atoms with Gasteiger partial charge in [-0.25, -0.2) is 0 Å². The molecular formula is C51H95NO9. The van der Waals surface area contributed by atoms with Gasteiger partial charge in [0.05, 0.1) is 25.4 Å². The number of nitrogens with one attached hydrogen (secondary N) is 1. The molecule has 0 aromatic heterocycles. The number of carbonyl (C=O) groups is 1. The molecule has 0 aliphatic carbocycles.